The van der Waals surface area contributed by atoms with E-state index in [-0.39, 0.29) is 6.10 Å². The van der Waals surface area contributed by atoms with Crippen LogP contribution in [0.5, 0.6) is 0 Å². The fraction of sp³-hybridized carbons (Fsp3) is 0.400. The van der Waals surface area contributed by atoms with E-state index in [1.165, 1.54) is 6.08 Å². The van der Waals surface area contributed by atoms with Crippen molar-refractivity contribution in [1.29, 1.82) is 0 Å². The molecule has 0 aromatic heterocycles. The van der Waals surface area contributed by atoms with Crippen molar-refractivity contribution in [1.82, 2.24) is 0 Å². The molecule has 1 rings (SSSR count). The molecule has 1 heterocycles. The van der Waals surface area contributed by atoms with Gasteiger partial charge in [0.25, 0.3) is 0 Å². The van der Waals surface area contributed by atoms with Gasteiger partial charge in [-0.1, -0.05) is 18.7 Å². The molecule has 2 nitrogen and oxygen atoms in total. The minimum Gasteiger partial charge on any atom is -0.313 e. The maximum atomic E-state index is 12.0. The summed E-state index contributed by atoms with van der Waals surface area (Å²) in [5, 5.41) is 0.569. The van der Waals surface area contributed by atoms with E-state index in [9.17, 15) is 4.57 Å². The van der Waals surface area contributed by atoms with E-state index < -0.39 is 7.37 Å². The number of terminal acetylenes is 1. The largest absolute Gasteiger partial charge is 0.313 e. The van der Waals surface area contributed by atoms with Crippen molar-refractivity contribution in [2.45, 2.75) is 25.9 Å². The highest BCUT2D eigenvalue weighted by atomic mass is 31.2. The lowest BCUT2D eigenvalue weighted by Crippen LogP contribution is -2.03. The van der Waals surface area contributed by atoms with E-state index in [1.807, 2.05) is 13.0 Å². The maximum absolute atomic E-state index is 12.0. The average molecular weight is 196 g/mol. The lowest BCUT2D eigenvalue weighted by Gasteiger charge is -2.15. The van der Waals surface area contributed by atoms with Crippen molar-refractivity contribution in [2.24, 2.45) is 0 Å². The highest BCUT2D eigenvalue weighted by molar-refractivity contribution is 7.68. The van der Waals surface area contributed by atoms with Gasteiger partial charge in [-0.05, 0) is 25.4 Å². The summed E-state index contributed by atoms with van der Waals surface area (Å²) in [6.07, 6.45) is 10.2. The van der Waals surface area contributed by atoms with Crippen molar-refractivity contribution in [2.75, 3.05) is 0 Å². The SMILES string of the molecule is C#C[P@@]1(=O)O[C@@H](C)CCC=C1C=C. The molecule has 0 fully saturated rings. The lowest BCUT2D eigenvalue weighted by molar-refractivity contribution is 0.225. The first-order valence-corrected chi connectivity index (χ1v) is 5.84. The predicted molar refractivity (Wildman–Crippen MR) is 54.5 cm³/mol. The molecule has 0 aromatic carbocycles. The third-order valence-corrected chi connectivity index (χ3v) is 4.02. The molecule has 2 atom stereocenters. The molecule has 70 valence electrons. The number of hydrogen-bond donors (Lipinski definition) is 0. The minimum absolute atomic E-state index is 0.0458. The summed E-state index contributed by atoms with van der Waals surface area (Å²) in [4.78, 5) is 0. The molecular weight excluding hydrogens is 183 g/mol. The van der Waals surface area contributed by atoms with E-state index in [0.29, 0.717) is 5.31 Å². The number of rotatable bonds is 1. The highest BCUT2D eigenvalue weighted by Crippen LogP contribution is 2.56. The molecule has 1 aliphatic rings. The zero-order valence-electron chi connectivity index (χ0n) is 7.69. The van der Waals surface area contributed by atoms with Crippen LogP contribution in [0.2, 0.25) is 0 Å². The van der Waals surface area contributed by atoms with Gasteiger partial charge in [-0.25, -0.2) is 0 Å². The van der Waals surface area contributed by atoms with Crippen LogP contribution >= 0.6 is 7.37 Å². The van der Waals surface area contributed by atoms with E-state index in [4.69, 9.17) is 10.9 Å². The van der Waals surface area contributed by atoms with E-state index in [0.717, 1.165) is 12.8 Å². The molecule has 0 amide bonds. The van der Waals surface area contributed by atoms with Crippen molar-refractivity contribution in [3.63, 3.8) is 0 Å². The van der Waals surface area contributed by atoms with Crippen molar-refractivity contribution < 1.29 is 9.09 Å². The quantitative estimate of drug-likeness (QED) is 0.475. The minimum atomic E-state index is -3.03. The molecule has 3 heteroatoms. The van der Waals surface area contributed by atoms with Crippen molar-refractivity contribution in [3.05, 3.63) is 24.0 Å². The summed E-state index contributed by atoms with van der Waals surface area (Å²) in [5.41, 5.74) is 2.25. The Balaban J connectivity index is 3.07. The van der Waals surface area contributed by atoms with Crippen LogP contribution < -0.4 is 0 Å². The highest BCUT2D eigenvalue weighted by Gasteiger charge is 2.28. The third kappa shape index (κ3) is 2.12. The van der Waals surface area contributed by atoms with Gasteiger partial charge in [0.1, 0.15) is 0 Å². The second-order valence-corrected chi connectivity index (χ2v) is 5.10. The monoisotopic (exact) mass is 196 g/mol. The van der Waals surface area contributed by atoms with Gasteiger partial charge in [-0.3, -0.25) is 4.57 Å². The molecule has 0 radical (unpaired) electrons. The van der Waals surface area contributed by atoms with Gasteiger partial charge in [0, 0.05) is 5.31 Å². The molecule has 1 aliphatic heterocycles. The van der Waals surface area contributed by atoms with E-state index >= 15 is 0 Å². The Morgan fingerprint density at radius 1 is 1.92 bits per heavy atom. The first-order chi connectivity index (χ1) is 6.12. The molecule has 0 saturated carbocycles. The van der Waals surface area contributed by atoms with Gasteiger partial charge in [0.15, 0.2) is 0 Å². The molecule has 13 heavy (non-hydrogen) atoms. The summed E-state index contributed by atoms with van der Waals surface area (Å²) < 4.78 is 17.3. The second-order valence-electron chi connectivity index (χ2n) is 3.01. The molecule has 0 bridgehead atoms. The zero-order chi connectivity index (χ0) is 9.90. The van der Waals surface area contributed by atoms with Crippen molar-refractivity contribution >= 4 is 7.37 Å². The topological polar surface area (TPSA) is 26.3 Å². The van der Waals surface area contributed by atoms with Gasteiger partial charge in [-0.2, -0.15) is 0 Å². The van der Waals surface area contributed by atoms with Gasteiger partial charge in [-0.15, -0.1) is 6.42 Å². The normalized spacial score (nSPS) is 34.2. The van der Waals surface area contributed by atoms with Crippen LogP contribution in [0.3, 0.4) is 0 Å². The van der Waals surface area contributed by atoms with Gasteiger partial charge in [0.2, 0.25) is 0 Å². The summed E-state index contributed by atoms with van der Waals surface area (Å²) in [6, 6.07) is 0. The zero-order valence-corrected chi connectivity index (χ0v) is 8.59. The van der Waals surface area contributed by atoms with Crippen molar-refractivity contribution in [3.8, 4) is 12.1 Å². The predicted octanol–water partition coefficient (Wildman–Crippen LogP) is 3.12. The Morgan fingerprint density at radius 2 is 2.62 bits per heavy atom. The van der Waals surface area contributed by atoms with Crippen LogP contribution in [0.1, 0.15) is 19.8 Å². The molecule has 0 unspecified atom stereocenters. The second kappa shape index (κ2) is 3.96. The summed E-state index contributed by atoms with van der Waals surface area (Å²) >= 11 is 0. The van der Waals surface area contributed by atoms with E-state index in [1.54, 1.807) is 0 Å². The van der Waals surface area contributed by atoms with Crippen LogP contribution in [0.25, 0.3) is 0 Å². The number of allylic oxidation sites excluding steroid dienone is 3. The Kier molecular flexibility index (Phi) is 3.14. The molecule has 0 N–H and O–H groups in total. The molecular formula is C10H13O2P. The van der Waals surface area contributed by atoms with Gasteiger partial charge < -0.3 is 4.52 Å². The van der Waals surface area contributed by atoms with Crippen LogP contribution in [0, 0.1) is 12.1 Å². The fourth-order valence-corrected chi connectivity index (χ4v) is 2.82. The molecule has 0 spiro atoms. The number of hydrogen-bond acceptors (Lipinski definition) is 2. The first-order valence-electron chi connectivity index (χ1n) is 4.22. The summed E-state index contributed by atoms with van der Waals surface area (Å²) in [7, 11) is -3.03. The van der Waals surface area contributed by atoms with Crippen LogP contribution in [0.4, 0.5) is 0 Å². The summed E-state index contributed by atoms with van der Waals surface area (Å²) in [6.45, 7) is 5.46. The first kappa shape index (κ1) is 10.3. The Bertz CT molecular complexity index is 322. The standard InChI is InChI=1S/C10H13O2P/c1-4-10-8-6-7-9(3)12-13(10,11)5-2/h2,4,8-9H,1,6-7H2,3H3/t9-,13+/m0/s1. The van der Waals surface area contributed by atoms with Gasteiger partial charge in [0.05, 0.1) is 6.10 Å². The molecule has 0 aromatic rings. The molecule has 0 saturated heterocycles. The van der Waals surface area contributed by atoms with E-state index in [2.05, 4.69) is 12.2 Å². The summed E-state index contributed by atoms with van der Waals surface area (Å²) in [5.74, 6) is 0. The van der Waals surface area contributed by atoms with Gasteiger partial charge >= 0.3 is 7.37 Å². The maximum Gasteiger partial charge on any atom is 0.302 e. The molecule has 0 aliphatic carbocycles. The Hall–Kier alpha value is -0.770. The average Bonchev–Trinajstić information content (AvgIpc) is 2.25. The smallest absolute Gasteiger partial charge is 0.302 e. The van der Waals surface area contributed by atoms with Crippen LogP contribution in [-0.2, 0) is 9.09 Å². The van der Waals surface area contributed by atoms with Crippen LogP contribution in [0.15, 0.2) is 24.0 Å². The fourth-order valence-electron chi connectivity index (χ4n) is 1.26. The Labute approximate surface area is 79.1 Å². The van der Waals surface area contributed by atoms with Crippen LogP contribution in [-0.4, -0.2) is 6.10 Å². The Morgan fingerprint density at radius 3 is 3.15 bits per heavy atom. The third-order valence-electron chi connectivity index (χ3n) is 1.97. The lowest BCUT2D eigenvalue weighted by atomic mass is 10.2.